The summed E-state index contributed by atoms with van der Waals surface area (Å²) in [6.07, 6.45) is 2.89. The molecule has 224 valence electrons. The second-order valence-corrected chi connectivity index (χ2v) is 11.9. The molecule has 1 saturated heterocycles. The van der Waals surface area contributed by atoms with Crippen LogP contribution >= 0.6 is 12.1 Å². The largest absolute Gasteiger partial charge is 0.480 e. The molecule has 1 aliphatic heterocycles. The Hall–Kier alpha value is -4.13. The zero-order valence-electron chi connectivity index (χ0n) is 24.0. The Bertz CT molecular complexity index is 1770. The molecule has 3 heterocycles. The molecule has 43 heavy (non-hydrogen) atoms. The average molecular weight is 607 g/mol. The maximum atomic E-state index is 15.6. The van der Waals surface area contributed by atoms with Crippen LogP contribution in [-0.2, 0) is 4.74 Å². The van der Waals surface area contributed by atoms with E-state index in [4.69, 9.17) is 15.2 Å². The van der Waals surface area contributed by atoms with E-state index in [1.54, 1.807) is 38.1 Å². The molecule has 0 spiro atoms. The summed E-state index contributed by atoms with van der Waals surface area (Å²) < 4.78 is 47.9. The molecule has 4 aromatic rings. The number of rotatable bonds is 8. The number of ether oxygens (including phenoxy) is 2. The van der Waals surface area contributed by atoms with Gasteiger partial charge >= 0.3 is 0 Å². The van der Waals surface area contributed by atoms with Crippen LogP contribution < -0.4 is 15.2 Å². The van der Waals surface area contributed by atoms with E-state index in [1.807, 2.05) is 19.1 Å². The highest BCUT2D eigenvalue weighted by Crippen LogP contribution is 2.39. The maximum Gasteiger partial charge on any atom is 0.214 e. The SMILES string of the molecule is CC1=C[C@](C)(Oc2ccccc2F)CC(F)=C1n1ncc(C(=O)c2cc3cc(C)c(NSN4CCOCC4)cc3[nH]2)c1N. The molecule has 0 unspecified atom stereocenters. The van der Waals surface area contributed by atoms with Crippen molar-refractivity contribution in [2.45, 2.75) is 32.8 Å². The highest BCUT2D eigenvalue weighted by atomic mass is 32.2. The number of aromatic nitrogens is 3. The Morgan fingerprint density at radius 3 is 2.70 bits per heavy atom. The molecule has 2 aromatic carbocycles. The predicted molar refractivity (Wildman–Crippen MR) is 165 cm³/mol. The normalized spacial score (nSPS) is 19.5. The van der Waals surface area contributed by atoms with E-state index in [-0.39, 0.29) is 35.0 Å². The van der Waals surface area contributed by atoms with Gasteiger partial charge in [0.1, 0.15) is 22.9 Å². The summed E-state index contributed by atoms with van der Waals surface area (Å²) in [5.41, 5.74) is 9.14. The number of nitrogens with one attached hydrogen (secondary N) is 2. The second kappa shape index (κ2) is 11.5. The van der Waals surface area contributed by atoms with Crippen LogP contribution in [0.5, 0.6) is 5.75 Å². The van der Waals surface area contributed by atoms with Crippen LogP contribution in [0.15, 0.2) is 66.1 Å². The lowest BCUT2D eigenvalue weighted by Gasteiger charge is -2.32. The maximum absolute atomic E-state index is 15.6. The van der Waals surface area contributed by atoms with Gasteiger partial charge in [-0.05, 0) is 68.3 Å². The number of anilines is 2. The van der Waals surface area contributed by atoms with Gasteiger partial charge in [0.25, 0.3) is 0 Å². The molecular formula is C31H32F2N6O3S. The molecule has 0 amide bonds. The third-order valence-electron chi connectivity index (χ3n) is 7.57. The van der Waals surface area contributed by atoms with Crippen molar-refractivity contribution in [3.63, 3.8) is 0 Å². The first-order valence-corrected chi connectivity index (χ1v) is 14.7. The van der Waals surface area contributed by atoms with Gasteiger partial charge in [-0.25, -0.2) is 17.8 Å². The van der Waals surface area contributed by atoms with E-state index in [2.05, 4.69) is 19.1 Å². The van der Waals surface area contributed by atoms with Gasteiger partial charge in [-0.2, -0.15) is 5.10 Å². The van der Waals surface area contributed by atoms with Gasteiger partial charge in [0, 0.05) is 42.5 Å². The first kappa shape index (κ1) is 29.0. The molecule has 0 saturated carbocycles. The molecule has 2 aromatic heterocycles. The number of allylic oxidation sites excluding steroid dienone is 2. The summed E-state index contributed by atoms with van der Waals surface area (Å²) in [5, 5.41) is 5.15. The van der Waals surface area contributed by atoms with E-state index >= 15 is 4.39 Å². The first-order valence-electron chi connectivity index (χ1n) is 13.9. The summed E-state index contributed by atoms with van der Waals surface area (Å²) >= 11 is 1.53. The van der Waals surface area contributed by atoms with Crippen molar-refractivity contribution in [1.29, 1.82) is 0 Å². The Morgan fingerprint density at radius 1 is 1.19 bits per heavy atom. The number of morpholine rings is 1. The van der Waals surface area contributed by atoms with E-state index < -0.39 is 17.2 Å². The van der Waals surface area contributed by atoms with Gasteiger partial charge in [0.15, 0.2) is 11.6 Å². The van der Waals surface area contributed by atoms with Gasteiger partial charge in [0.05, 0.1) is 36.4 Å². The Balaban J connectivity index is 1.22. The lowest BCUT2D eigenvalue weighted by molar-refractivity contribution is 0.0775. The lowest BCUT2D eigenvalue weighted by Crippen LogP contribution is -2.34. The van der Waals surface area contributed by atoms with Crippen molar-refractivity contribution < 1.29 is 23.0 Å². The summed E-state index contributed by atoms with van der Waals surface area (Å²) in [6, 6.07) is 11.7. The fourth-order valence-corrected chi connectivity index (χ4v) is 6.22. The van der Waals surface area contributed by atoms with E-state index in [9.17, 15) is 9.18 Å². The van der Waals surface area contributed by atoms with E-state index in [0.717, 1.165) is 35.2 Å². The van der Waals surface area contributed by atoms with Crippen LogP contribution in [0.2, 0.25) is 0 Å². The van der Waals surface area contributed by atoms with Crippen LogP contribution in [0.1, 0.15) is 41.9 Å². The summed E-state index contributed by atoms with van der Waals surface area (Å²) in [4.78, 5) is 16.8. The molecule has 0 radical (unpaired) electrons. The molecule has 2 aliphatic rings. The monoisotopic (exact) mass is 606 g/mol. The van der Waals surface area contributed by atoms with Gasteiger partial charge in [-0.1, -0.05) is 12.1 Å². The van der Waals surface area contributed by atoms with E-state index in [1.165, 1.54) is 35.1 Å². The summed E-state index contributed by atoms with van der Waals surface area (Å²) in [6.45, 7) is 8.48. The van der Waals surface area contributed by atoms with Gasteiger partial charge < -0.3 is 24.9 Å². The summed E-state index contributed by atoms with van der Waals surface area (Å²) in [5.74, 6) is -1.38. The smallest absolute Gasteiger partial charge is 0.214 e. The fraction of sp³-hybridized carbons (Fsp3) is 0.290. The minimum atomic E-state index is -1.13. The topological polar surface area (TPSA) is 110 Å². The van der Waals surface area contributed by atoms with Crippen LogP contribution in [0, 0.1) is 12.7 Å². The minimum Gasteiger partial charge on any atom is -0.480 e. The molecule has 9 nitrogen and oxygen atoms in total. The number of para-hydroxylation sites is 1. The number of halogens is 2. The average Bonchev–Trinajstić information content (AvgIpc) is 3.55. The number of aromatic amines is 1. The Labute approximate surface area is 252 Å². The molecule has 1 atom stereocenters. The summed E-state index contributed by atoms with van der Waals surface area (Å²) in [7, 11) is 0. The number of benzene rings is 2. The zero-order valence-corrected chi connectivity index (χ0v) is 24.9. The Morgan fingerprint density at radius 2 is 1.95 bits per heavy atom. The fourth-order valence-electron chi connectivity index (χ4n) is 5.44. The molecule has 12 heteroatoms. The molecule has 4 N–H and O–H groups in total. The quantitative estimate of drug-likeness (QED) is 0.159. The van der Waals surface area contributed by atoms with Crippen molar-refractivity contribution in [3.8, 4) is 5.75 Å². The van der Waals surface area contributed by atoms with Gasteiger partial charge in [0.2, 0.25) is 5.78 Å². The number of fused-ring (bicyclic) bond motifs is 1. The van der Waals surface area contributed by atoms with Crippen LogP contribution in [-0.4, -0.2) is 56.8 Å². The minimum absolute atomic E-state index is 0.0145. The zero-order chi connectivity index (χ0) is 30.3. The van der Waals surface area contributed by atoms with Crippen molar-refractivity contribution in [2.75, 3.05) is 36.8 Å². The molecule has 6 rings (SSSR count). The number of carbonyl (C=O) groups is 1. The second-order valence-electron chi connectivity index (χ2n) is 11.0. The molecule has 0 bridgehead atoms. The molecule has 1 aliphatic carbocycles. The van der Waals surface area contributed by atoms with Gasteiger partial charge in [-0.15, -0.1) is 0 Å². The number of hydrogen-bond donors (Lipinski definition) is 3. The number of nitrogens with two attached hydrogens (primary N) is 1. The highest BCUT2D eigenvalue weighted by molar-refractivity contribution is 7.98. The highest BCUT2D eigenvalue weighted by Gasteiger charge is 2.35. The lowest BCUT2D eigenvalue weighted by atomic mass is 9.90. The Kier molecular flexibility index (Phi) is 7.75. The van der Waals surface area contributed by atoms with Gasteiger partial charge in [-0.3, -0.25) is 4.79 Å². The predicted octanol–water partition coefficient (Wildman–Crippen LogP) is 6.26. The number of nitrogens with zero attached hydrogens (tertiary/aromatic N) is 3. The number of nitrogen functional groups attached to an aromatic ring is 1. The number of hydrogen-bond acceptors (Lipinski definition) is 8. The number of aryl methyl sites for hydroxylation is 1. The molecular weight excluding hydrogens is 574 g/mol. The van der Waals surface area contributed by atoms with Crippen LogP contribution in [0.3, 0.4) is 0 Å². The van der Waals surface area contributed by atoms with E-state index in [0.29, 0.717) is 24.5 Å². The van der Waals surface area contributed by atoms with Crippen molar-refractivity contribution in [2.24, 2.45) is 0 Å². The third-order valence-corrected chi connectivity index (χ3v) is 8.50. The number of carbonyl (C=O) groups excluding carboxylic acids is 1. The molecule has 1 fully saturated rings. The van der Waals surface area contributed by atoms with Crippen LogP contribution in [0.4, 0.5) is 20.3 Å². The van der Waals surface area contributed by atoms with Crippen molar-refractivity contribution >= 4 is 46.0 Å². The van der Waals surface area contributed by atoms with Crippen LogP contribution in [0.25, 0.3) is 16.6 Å². The van der Waals surface area contributed by atoms with Crippen molar-refractivity contribution in [1.82, 2.24) is 19.1 Å². The third kappa shape index (κ3) is 5.77. The number of H-pyrrole nitrogens is 1. The van der Waals surface area contributed by atoms with Crippen molar-refractivity contribution in [3.05, 3.63) is 88.8 Å². The number of ketones is 1. The first-order chi connectivity index (χ1) is 20.6. The standard InChI is InChI=1S/C31H32F2N6O3S/c1-18-12-20-13-26(36-25(20)14-24(18)37-43-38-8-10-41-11-9-38)29(40)21-17-35-39(30(21)34)28-19(2)15-31(3,16-23(28)33)42-27-7-5-4-6-22(27)32/h4-7,12-15,17,36-37H,8-11,16,34H2,1-3H3/t31-/m0/s1.